The van der Waals surface area contributed by atoms with Crippen molar-refractivity contribution in [1.82, 2.24) is 10.6 Å². The number of hydrogen-bond acceptors (Lipinski definition) is 5. The molecule has 8 heteroatoms. The van der Waals surface area contributed by atoms with Crippen LogP contribution in [0.2, 0.25) is 0 Å². The topological polar surface area (TPSA) is 148 Å². The summed E-state index contributed by atoms with van der Waals surface area (Å²) in [4.78, 5) is 32.1. The molecule has 0 bridgehead atoms. The fourth-order valence-electron chi connectivity index (χ4n) is 1.37. The molecule has 0 saturated carbocycles. The molecule has 7 N–H and O–H groups in total. The van der Waals surface area contributed by atoms with E-state index in [-0.39, 0.29) is 30.6 Å². The second-order valence-corrected chi connectivity index (χ2v) is 3.69. The van der Waals surface area contributed by atoms with Crippen molar-refractivity contribution in [3.8, 4) is 0 Å². The average Bonchev–Trinajstić information content (AvgIpc) is 2.25. The Labute approximate surface area is 97.0 Å². The van der Waals surface area contributed by atoms with Gasteiger partial charge in [-0.15, -0.1) is 0 Å². The molecule has 0 aliphatic carbocycles. The number of rotatable bonds is 5. The van der Waals surface area contributed by atoms with Gasteiger partial charge in [0, 0.05) is 18.2 Å². The zero-order chi connectivity index (χ0) is 13.0. The molecule has 0 unspecified atom stereocenters. The van der Waals surface area contributed by atoms with Crippen molar-refractivity contribution in [3.05, 3.63) is 11.8 Å². The van der Waals surface area contributed by atoms with E-state index in [0.717, 1.165) is 6.08 Å². The third-order valence-corrected chi connectivity index (χ3v) is 2.28. The van der Waals surface area contributed by atoms with Crippen LogP contribution in [-0.2, 0) is 9.59 Å². The molecule has 0 aromatic rings. The van der Waals surface area contributed by atoms with Crippen molar-refractivity contribution in [1.29, 1.82) is 0 Å². The lowest BCUT2D eigenvalue weighted by atomic mass is 9.95. The Balaban J connectivity index is 2.36. The van der Waals surface area contributed by atoms with E-state index in [2.05, 4.69) is 5.32 Å². The zero-order valence-electron chi connectivity index (χ0n) is 8.97. The monoisotopic (exact) mass is 242 g/mol. The number of nitrogens with one attached hydrogen (secondary N) is 2. The quantitative estimate of drug-likeness (QED) is 0.275. The van der Waals surface area contributed by atoms with E-state index in [1.165, 1.54) is 0 Å². The van der Waals surface area contributed by atoms with Crippen LogP contribution in [0.1, 0.15) is 6.42 Å². The summed E-state index contributed by atoms with van der Waals surface area (Å²) in [5.41, 5.74) is 11.3. The van der Waals surface area contributed by atoms with Gasteiger partial charge in [0.2, 0.25) is 5.91 Å². The van der Waals surface area contributed by atoms with Gasteiger partial charge in [0.15, 0.2) is 5.78 Å². The van der Waals surface area contributed by atoms with Crippen LogP contribution in [0.15, 0.2) is 11.8 Å². The Morgan fingerprint density at radius 2 is 2.18 bits per heavy atom. The van der Waals surface area contributed by atoms with Crippen molar-refractivity contribution in [3.63, 3.8) is 0 Å². The third-order valence-electron chi connectivity index (χ3n) is 2.28. The summed E-state index contributed by atoms with van der Waals surface area (Å²) in [6.45, 7) is -0.334. The molecule has 0 aromatic carbocycles. The van der Waals surface area contributed by atoms with Crippen molar-refractivity contribution in [2.45, 2.75) is 18.5 Å². The van der Waals surface area contributed by atoms with Crippen molar-refractivity contribution in [2.24, 2.45) is 11.5 Å². The highest BCUT2D eigenvalue weighted by Gasteiger charge is 2.35. The van der Waals surface area contributed by atoms with Gasteiger partial charge >= 0.3 is 6.09 Å². The van der Waals surface area contributed by atoms with Crippen LogP contribution < -0.4 is 22.1 Å². The molecule has 1 fully saturated rings. The van der Waals surface area contributed by atoms with E-state index in [4.69, 9.17) is 16.6 Å². The van der Waals surface area contributed by atoms with Gasteiger partial charge in [-0.2, -0.15) is 0 Å². The molecule has 2 atom stereocenters. The van der Waals surface area contributed by atoms with E-state index < -0.39 is 17.9 Å². The molecule has 1 heterocycles. The zero-order valence-corrected chi connectivity index (χ0v) is 8.97. The van der Waals surface area contributed by atoms with Gasteiger partial charge in [0.1, 0.15) is 6.04 Å². The third kappa shape index (κ3) is 3.76. The molecule has 8 nitrogen and oxygen atoms in total. The Hall–Kier alpha value is -2.09. The second-order valence-electron chi connectivity index (χ2n) is 3.69. The Kier molecular flexibility index (Phi) is 4.05. The molecule has 1 rings (SSSR count). The minimum Gasteiger partial charge on any atom is -0.465 e. The van der Waals surface area contributed by atoms with Crippen LogP contribution in [0.4, 0.5) is 4.79 Å². The molecular weight excluding hydrogens is 228 g/mol. The molecule has 1 aliphatic rings. The van der Waals surface area contributed by atoms with Crippen LogP contribution in [0.5, 0.6) is 0 Å². The van der Waals surface area contributed by atoms with Crippen molar-refractivity contribution < 1.29 is 19.5 Å². The lowest BCUT2D eigenvalue weighted by molar-refractivity contribution is -0.130. The minimum absolute atomic E-state index is 0.248. The Morgan fingerprint density at radius 1 is 1.53 bits per heavy atom. The fraction of sp³-hybridized carbons (Fsp3) is 0.444. The van der Waals surface area contributed by atoms with Gasteiger partial charge in [-0.25, -0.2) is 4.79 Å². The predicted octanol–water partition coefficient (Wildman–Crippen LogP) is -2.12. The maximum Gasteiger partial charge on any atom is 0.405 e. The summed E-state index contributed by atoms with van der Waals surface area (Å²) in [7, 11) is 0. The number of amides is 2. The largest absolute Gasteiger partial charge is 0.465 e. The number of carbonyl (C=O) groups is 3. The standard InChI is InChI=1S/C9H14N4O4/c10-4(1-5(14)3-12-9(16)17)2-6-7(11)8(15)13-6/h1,6-7,12H,2-3,10-11H2,(H,13,15)(H,16,17)/b4-1+/t6-,7+/m1/s1. The summed E-state index contributed by atoms with van der Waals surface area (Å²) in [5.74, 6) is -0.703. The molecular formula is C9H14N4O4. The van der Waals surface area contributed by atoms with Gasteiger partial charge in [-0.1, -0.05) is 0 Å². The van der Waals surface area contributed by atoms with Gasteiger partial charge in [-0.3, -0.25) is 9.59 Å². The van der Waals surface area contributed by atoms with E-state index >= 15 is 0 Å². The summed E-state index contributed by atoms with van der Waals surface area (Å²) < 4.78 is 0. The van der Waals surface area contributed by atoms with Gasteiger partial charge in [0.05, 0.1) is 12.6 Å². The van der Waals surface area contributed by atoms with E-state index in [9.17, 15) is 14.4 Å². The van der Waals surface area contributed by atoms with Crippen LogP contribution in [0.3, 0.4) is 0 Å². The van der Waals surface area contributed by atoms with E-state index in [0.29, 0.717) is 0 Å². The molecule has 0 spiro atoms. The van der Waals surface area contributed by atoms with Crippen LogP contribution in [0.25, 0.3) is 0 Å². The summed E-state index contributed by atoms with van der Waals surface area (Å²) in [6, 6.07) is -0.867. The minimum atomic E-state index is -1.28. The number of carbonyl (C=O) groups excluding carboxylic acids is 2. The number of nitrogens with two attached hydrogens (primary N) is 2. The Bertz CT molecular complexity index is 379. The van der Waals surface area contributed by atoms with Gasteiger partial charge in [-0.05, 0) is 0 Å². The molecule has 94 valence electrons. The number of carboxylic acid groups (broad SMARTS) is 1. The smallest absolute Gasteiger partial charge is 0.405 e. The van der Waals surface area contributed by atoms with Gasteiger partial charge in [0.25, 0.3) is 0 Å². The first-order valence-electron chi connectivity index (χ1n) is 4.91. The lowest BCUT2D eigenvalue weighted by Gasteiger charge is -2.33. The highest BCUT2D eigenvalue weighted by molar-refractivity contribution is 5.93. The fourth-order valence-corrected chi connectivity index (χ4v) is 1.37. The normalized spacial score (nSPS) is 23.6. The number of ketones is 1. The van der Waals surface area contributed by atoms with Crippen LogP contribution >= 0.6 is 0 Å². The number of β-lactam (4-membered cyclic amide) rings is 1. The van der Waals surface area contributed by atoms with Crippen molar-refractivity contribution >= 4 is 17.8 Å². The second kappa shape index (κ2) is 5.30. The van der Waals surface area contributed by atoms with Crippen molar-refractivity contribution in [2.75, 3.05) is 6.54 Å². The molecule has 17 heavy (non-hydrogen) atoms. The Morgan fingerprint density at radius 3 is 2.65 bits per heavy atom. The van der Waals surface area contributed by atoms with Gasteiger partial charge < -0.3 is 27.2 Å². The summed E-state index contributed by atoms with van der Waals surface area (Å²) in [5, 5.41) is 12.7. The first kappa shape index (κ1) is 13.0. The highest BCUT2D eigenvalue weighted by Crippen LogP contribution is 2.10. The molecule has 1 aliphatic heterocycles. The molecule has 0 radical (unpaired) electrons. The predicted molar refractivity (Wildman–Crippen MR) is 57.8 cm³/mol. The van der Waals surface area contributed by atoms with Crippen LogP contribution in [-0.4, -0.2) is 41.5 Å². The SMILES string of the molecule is N/C(=C/C(=O)CNC(=O)O)C[C@H]1NC(=O)[C@H]1N. The lowest BCUT2D eigenvalue weighted by Crippen LogP contribution is -2.66. The maximum atomic E-state index is 11.2. The maximum absolute atomic E-state index is 11.2. The molecule has 1 saturated heterocycles. The van der Waals surface area contributed by atoms with E-state index in [1.54, 1.807) is 0 Å². The average molecular weight is 242 g/mol. The van der Waals surface area contributed by atoms with Crippen LogP contribution in [0, 0.1) is 0 Å². The van der Waals surface area contributed by atoms with E-state index in [1.807, 2.05) is 5.32 Å². The first-order chi connectivity index (χ1) is 7.90. The molecule has 0 aromatic heterocycles. The number of hydrogen-bond donors (Lipinski definition) is 5. The summed E-state index contributed by atoms with van der Waals surface area (Å²) in [6.07, 6.45) is 0.123. The highest BCUT2D eigenvalue weighted by atomic mass is 16.4. The summed E-state index contributed by atoms with van der Waals surface area (Å²) >= 11 is 0. The first-order valence-corrected chi connectivity index (χ1v) is 4.91. The molecule has 2 amide bonds.